The summed E-state index contributed by atoms with van der Waals surface area (Å²) in [6, 6.07) is 9.41. The lowest BCUT2D eigenvalue weighted by molar-refractivity contribution is 0.166. The first kappa shape index (κ1) is 19.7. The van der Waals surface area contributed by atoms with Gasteiger partial charge in [-0.05, 0) is 12.3 Å². The van der Waals surface area contributed by atoms with Crippen molar-refractivity contribution in [3.8, 4) is 0 Å². The van der Waals surface area contributed by atoms with Gasteiger partial charge in [-0.2, -0.15) is 0 Å². The van der Waals surface area contributed by atoms with Crippen LogP contribution in [0.2, 0.25) is 0 Å². The van der Waals surface area contributed by atoms with E-state index in [1.54, 1.807) is 0 Å². The van der Waals surface area contributed by atoms with E-state index in [-0.39, 0.29) is 5.92 Å². The highest BCUT2D eigenvalue weighted by Crippen LogP contribution is 2.19. The highest BCUT2D eigenvalue weighted by molar-refractivity contribution is 6.03. The summed E-state index contributed by atoms with van der Waals surface area (Å²) in [5.74, 6) is 0.0983. The first-order chi connectivity index (χ1) is 11.2. The van der Waals surface area contributed by atoms with Crippen LogP contribution in [-0.4, -0.2) is 22.1 Å². The molecule has 130 valence electrons. The third-order valence-electron chi connectivity index (χ3n) is 4.51. The van der Waals surface area contributed by atoms with Gasteiger partial charge in [0.25, 0.3) is 0 Å². The van der Waals surface area contributed by atoms with E-state index in [0.717, 1.165) is 18.4 Å². The molecule has 0 heterocycles. The summed E-state index contributed by atoms with van der Waals surface area (Å²) in [5, 5.41) is 23.0. The molecule has 2 unspecified atom stereocenters. The number of unbranched alkanes of at least 4 members (excludes halogenated alkanes) is 7. The van der Waals surface area contributed by atoms with Gasteiger partial charge in [0.15, 0.2) is 0 Å². The topological polar surface area (TPSA) is 52.8 Å². The maximum absolute atomic E-state index is 10.4. The molecule has 0 aromatic heterocycles. The fourth-order valence-corrected chi connectivity index (χ4v) is 2.92. The largest absolute Gasteiger partial charge is 0.411 e. The Labute approximate surface area is 141 Å². The summed E-state index contributed by atoms with van der Waals surface area (Å²) in [6.07, 6.45) is 10.6. The average molecular weight is 319 g/mol. The summed E-state index contributed by atoms with van der Waals surface area (Å²) >= 11 is 0. The van der Waals surface area contributed by atoms with Gasteiger partial charge in [-0.3, -0.25) is 0 Å². The summed E-state index contributed by atoms with van der Waals surface area (Å²) in [7, 11) is 0. The maximum atomic E-state index is 10.4. The Kier molecular flexibility index (Phi) is 10.4. The number of aliphatic hydroxyl groups excluding tert-OH is 1. The molecule has 0 bridgehead atoms. The molecule has 0 spiro atoms. The minimum atomic E-state index is -0.716. The molecule has 1 aromatic rings. The zero-order valence-electron chi connectivity index (χ0n) is 14.7. The molecule has 0 saturated heterocycles. The van der Waals surface area contributed by atoms with Crippen LogP contribution >= 0.6 is 0 Å². The molecule has 0 aliphatic heterocycles. The van der Waals surface area contributed by atoms with Crippen molar-refractivity contribution in [1.82, 2.24) is 0 Å². The summed E-state index contributed by atoms with van der Waals surface area (Å²) < 4.78 is 0. The predicted octanol–water partition coefficient (Wildman–Crippen LogP) is 5.39. The number of aliphatic hydroxyl groups is 1. The van der Waals surface area contributed by atoms with Crippen molar-refractivity contribution in [1.29, 1.82) is 0 Å². The SMILES string of the molecule is CCCCCCCCCCC(C)C(O)C(=NO)c1ccccc1. The lowest BCUT2D eigenvalue weighted by Crippen LogP contribution is -2.28. The molecule has 3 heteroatoms. The van der Waals surface area contributed by atoms with Crippen LogP contribution in [0.5, 0.6) is 0 Å². The van der Waals surface area contributed by atoms with Crippen LogP contribution in [-0.2, 0) is 0 Å². The molecule has 0 radical (unpaired) electrons. The third kappa shape index (κ3) is 7.65. The van der Waals surface area contributed by atoms with Crippen LogP contribution in [0.3, 0.4) is 0 Å². The highest BCUT2D eigenvalue weighted by atomic mass is 16.4. The van der Waals surface area contributed by atoms with Crippen molar-refractivity contribution in [3.63, 3.8) is 0 Å². The van der Waals surface area contributed by atoms with Crippen molar-refractivity contribution in [2.45, 2.75) is 77.7 Å². The average Bonchev–Trinajstić information content (AvgIpc) is 2.58. The smallest absolute Gasteiger partial charge is 0.115 e. The predicted molar refractivity (Wildman–Crippen MR) is 97.2 cm³/mol. The molecule has 2 atom stereocenters. The minimum absolute atomic E-state index is 0.0983. The third-order valence-corrected chi connectivity index (χ3v) is 4.51. The number of hydrogen-bond acceptors (Lipinski definition) is 3. The Hall–Kier alpha value is -1.35. The summed E-state index contributed by atoms with van der Waals surface area (Å²) in [6.45, 7) is 4.27. The van der Waals surface area contributed by atoms with E-state index < -0.39 is 6.10 Å². The van der Waals surface area contributed by atoms with Crippen LogP contribution in [0.15, 0.2) is 35.5 Å². The second-order valence-electron chi connectivity index (χ2n) is 6.54. The van der Waals surface area contributed by atoms with E-state index in [1.807, 2.05) is 37.3 Å². The number of oxime groups is 1. The highest BCUT2D eigenvalue weighted by Gasteiger charge is 2.21. The normalized spacial score (nSPS) is 14.7. The molecule has 23 heavy (non-hydrogen) atoms. The monoisotopic (exact) mass is 319 g/mol. The molecule has 0 saturated carbocycles. The molecule has 0 aliphatic rings. The van der Waals surface area contributed by atoms with Gasteiger partial charge in [0.2, 0.25) is 0 Å². The summed E-state index contributed by atoms with van der Waals surface area (Å²) in [4.78, 5) is 0. The Morgan fingerprint density at radius 3 is 2.09 bits per heavy atom. The van der Waals surface area contributed by atoms with Gasteiger partial charge >= 0.3 is 0 Å². The van der Waals surface area contributed by atoms with Crippen LogP contribution in [0.4, 0.5) is 0 Å². The number of hydrogen-bond donors (Lipinski definition) is 2. The lowest BCUT2D eigenvalue weighted by atomic mass is 9.91. The summed E-state index contributed by atoms with van der Waals surface area (Å²) in [5.41, 5.74) is 1.16. The second kappa shape index (κ2) is 12.1. The van der Waals surface area contributed by atoms with E-state index in [2.05, 4.69) is 12.1 Å². The van der Waals surface area contributed by atoms with Gasteiger partial charge in [0.1, 0.15) is 11.8 Å². The molecule has 0 amide bonds. The van der Waals surface area contributed by atoms with Crippen LogP contribution in [0, 0.1) is 5.92 Å². The van der Waals surface area contributed by atoms with Gasteiger partial charge < -0.3 is 10.3 Å². The molecule has 2 N–H and O–H groups in total. The van der Waals surface area contributed by atoms with Gasteiger partial charge in [0, 0.05) is 5.56 Å². The van der Waals surface area contributed by atoms with Crippen molar-refractivity contribution < 1.29 is 10.3 Å². The van der Waals surface area contributed by atoms with E-state index in [1.165, 1.54) is 44.9 Å². The molecule has 1 aromatic carbocycles. The van der Waals surface area contributed by atoms with Crippen LogP contribution in [0.25, 0.3) is 0 Å². The Morgan fingerprint density at radius 1 is 0.957 bits per heavy atom. The van der Waals surface area contributed by atoms with Gasteiger partial charge in [-0.25, -0.2) is 0 Å². The zero-order chi connectivity index (χ0) is 16.9. The van der Waals surface area contributed by atoms with Crippen molar-refractivity contribution in [3.05, 3.63) is 35.9 Å². The quantitative estimate of drug-likeness (QED) is 0.235. The number of rotatable bonds is 12. The van der Waals surface area contributed by atoms with Crippen LogP contribution < -0.4 is 0 Å². The van der Waals surface area contributed by atoms with Crippen molar-refractivity contribution in [2.75, 3.05) is 0 Å². The first-order valence-corrected chi connectivity index (χ1v) is 9.16. The van der Waals surface area contributed by atoms with E-state index in [4.69, 9.17) is 0 Å². The molecular formula is C20H33NO2. The van der Waals surface area contributed by atoms with E-state index in [9.17, 15) is 10.3 Å². The second-order valence-corrected chi connectivity index (χ2v) is 6.54. The number of benzene rings is 1. The zero-order valence-corrected chi connectivity index (χ0v) is 14.7. The van der Waals surface area contributed by atoms with Gasteiger partial charge in [-0.15, -0.1) is 0 Å². The van der Waals surface area contributed by atoms with Crippen LogP contribution in [0.1, 0.15) is 77.2 Å². The van der Waals surface area contributed by atoms with Gasteiger partial charge in [-0.1, -0.05) is 101 Å². The Morgan fingerprint density at radius 2 is 1.52 bits per heavy atom. The van der Waals surface area contributed by atoms with Crippen molar-refractivity contribution in [2.24, 2.45) is 11.1 Å². The standard InChI is InChI=1S/C20H33NO2/c1-3-4-5-6-7-8-9-11-14-17(2)20(22)19(21-23)18-15-12-10-13-16-18/h10,12-13,15-17,20,22-23H,3-9,11,14H2,1-2H3. The minimum Gasteiger partial charge on any atom is -0.411 e. The fraction of sp³-hybridized carbons (Fsp3) is 0.650. The molecule has 3 nitrogen and oxygen atoms in total. The Bertz CT molecular complexity index is 431. The lowest BCUT2D eigenvalue weighted by Gasteiger charge is -2.20. The maximum Gasteiger partial charge on any atom is 0.115 e. The first-order valence-electron chi connectivity index (χ1n) is 9.16. The number of nitrogens with zero attached hydrogens (tertiary/aromatic N) is 1. The van der Waals surface area contributed by atoms with E-state index in [0.29, 0.717) is 5.71 Å². The Balaban J connectivity index is 2.27. The molecule has 0 aliphatic carbocycles. The molecule has 0 fully saturated rings. The molecule has 1 rings (SSSR count). The van der Waals surface area contributed by atoms with Gasteiger partial charge in [0.05, 0.1) is 0 Å². The fourth-order valence-electron chi connectivity index (χ4n) is 2.92. The molecular weight excluding hydrogens is 286 g/mol. The van der Waals surface area contributed by atoms with E-state index >= 15 is 0 Å². The van der Waals surface area contributed by atoms with Crippen molar-refractivity contribution >= 4 is 5.71 Å².